The molecule has 0 bridgehead atoms. The molecule has 0 atom stereocenters. The van der Waals surface area contributed by atoms with E-state index in [-0.39, 0.29) is 12.3 Å². The lowest BCUT2D eigenvalue weighted by Gasteiger charge is -2.07. The van der Waals surface area contributed by atoms with Crippen LogP contribution in [-0.2, 0) is 26.9 Å². The van der Waals surface area contributed by atoms with E-state index in [1.54, 1.807) is 6.92 Å². The number of hydrogen-bond acceptors (Lipinski definition) is 5. The van der Waals surface area contributed by atoms with E-state index in [0.717, 1.165) is 21.2 Å². The van der Waals surface area contributed by atoms with E-state index in [1.807, 2.05) is 55.5 Å². The van der Waals surface area contributed by atoms with E-state index >= 15 is 0 Å². The zero-order chi connectivity index (χ0) is 21.0. The van der Waals surface area contributed by atoms with Crippen LogP contribution < -0.4 is 5.32 Å². The molecule has 29 heavy (non-hydrogen) atoms. The second-order valence-electron chi connectivity index (χ2n) is 6.79. The van der Waals surface area contributed by atoms with Gasteiger partial charge in [-0.05, 0) is 37.6 Å². The summed E-state index contributed by atoms with van der Waals surface area (Å²) in [5.74, 6) is -0.718. The van der Waals surface area contributed by atoms with Gasteiger partial charge in [0.05, 0.1) is 11.4 Å². The molecule has 0 radical (unpaired) electrons. The maximum atomic E-state index is 12.5. The lowest BCUT2D eigenvalue weighted by molar-refractivity contribution is -0.118. The molecule has 3 aromatic rings. The van der Waals surface area contributed by atoms with Gasteiger partial charge in [-0.25, -0.2) is 13.4 Å². The highest BCUT2D eigenvalue weighted by atomic mass is 79.9. The molecule has 2 aromatic carbocycles. The van der Waals surface area contributed by atoms with Gasteiger partial charge in [-0.3, -0.25) is 4.79 Å². The van der Waals surface area contributed by atoms with Crippen molar-refractivity contribution in [3.63, 3.8) is 0 Å². The number of hydrogen-bond donors (Lipinski definition) is 1. The SMILES string of the molecule is Cc1ccc(-c2nc(CS(=O)(=O)CC(=O)NCc3ccccc3Br)c(C)o2)cc1. The van der Waals surface area contributed by atoms with E-state index in [9.17, 15) is 13.2 Å². The van der Waals surface area contributed by atoms with Gasteiger partial charge in [-0.1, -0.05) is 51.8 Å². The van der Waals surface area contributed by atoms with Crippen LogP contribution in [0.2, 0.25) is 0 Å². The number of carbonyl (C=O) groups is 1. The summed E-state index contributed by atoms with van der Waals surface area (Å²) in [6, 6.07) is 15.0. The Kier molecular flexibility index (Phi) is 6.54. The van der Waals surface area contributed by atoms with E-state index in [0.29, 0.717) is 17.3 Å². The number of amides is 1. The molecule has 3 rings (SSSR count). The molecule has 0 saturated heterocycles. The van der Waals surface area contributed by atoms with Gasteiger partial charge in [0, 0.05) is 16.6 Å². The summed E-state index contributed by atoms with van der Waals surface area (Å²) < 4.78 is 31.4. The number of halogens is 1. The molecule has 1 heterocycles. The van der Waals surface area contributed by atoms with Crippen molar-refractivity contribution >= 4 is 31.7 Å². The van der Waals surface area contributed by atoms with Crippen molar-refractivity contribution in [3.8, 4) is 11.5 Å². The fraction of sp³-hybridized carbons (Fsp3) is 0.238. The molecule has 0 saturated carbocycles. The lowest BCUT2D eigenvalue weighted by atomic mass is 10.1. The zero-order valence-electron chi connectivity index (χ0n) is 16.1. The van der Waals surface area contributed by atoms with Gasteiger partial charge in [-0.2, -0.15) is 0 Å². The van der Waals surface area contributed by atoms with Crippen LogP contribution in [0, 0.1) is 13.8 Å². The van der Waals surface area contributed by atoms with Crippen LogP contribution in [0.1, 0.15) is 22.6 Å². The molecule has 0 spiro atoms. The van der Waals surface area contributed by atoms with Crippen molar-refractivity contribution in [2.45, 2.75) is 26.1 Å². The van der Waals surface area contributed by atoms with Crippen molar-refractivity contribution < 1.29 is 17.6 Å². The van der Waals surface area contributed by atoms with E-state index in [1.165, 1.54) is 0 Å². The molecule has 1 N–H and O–H groups in total. The Labute approximate surface area is 178 Å². The largest absolute Gasteiger partial charge is 0.441 e. The molecule has 0 aliphatic carbocycles. The molecule has 0 unspecified atom stereocenters. The standard InChI is InChI=1S/C21H21BrN2O4S/c1-14-7-9-16(10-8-14)21-24-19(15(2)28-21)12-29(26,27)13-20(25)23-11-17-5-3-4-6-18(17)22/h3-10H,11-13H2,1-2H3,(H,23,25). The number of carbonyl (C=O) groups excluding carboxylic acids is 1. The smallest absolute Gasteiger partial charge is 0.235 e. The summed E-state index contributed by atoms with van der Waals surface area (Å²) >= 11 is 3.40. The molecule has 6 nitrogen and oxygen atoms in total. The van der Waals surface area contributed by atoms with Crippen LogP contribution in [-0.4, -0.2) is 25.1 Å². The molecule has 0 fully saturated rings. The monoisotopic (exact) mass is 476 g/mol. The molecule has 8 heteroatoms. The van der Waals surface area contributed by atoms with Crippen LogP contribution in [0.15, 0.2) is 57.4 Å². The molecule has 1 amide bonds. The normalized spacial score (nSPS) is 11.4. The van der Waals surface area contributed by atoms with Gasteiger partial charge >= 0.3 is 0 Å². The van der Waals surface area contributed by atoms with Gasteiger partial charge < -0.3 is 9.73 Å². The van der Waals surface area contributed by atoms with Crippen molar-refractivity contribution in [1.82, 2.24) is 10.3 Å². The van der Waals surface area contributed by atoms with Crippen LogP contribution in [0.5, 0.6) is 0 Å². The fourth-order valence-electron chi connectivity index (χ4n) is 2.73. The third kappa shape index (κ3) is 5.77. The number of oxazole rings is 1. The number of aromatic nitrogens is 1. The van der Waals surface area contributed by atoms with Crippen molar-refractivity contribution in [2.75, 3.05) is 5.75 Å². The number of benzene rings is 2. The predicted octanol–water partition coefficient (Wildman–Crippen LogP) is 3.95. The number of rotatable bonds is 7. The first kappa shape index (κ1) is 21.3. The minimum atomic E-state index is -3.69. The summed E-state index contributed by atoms with van der Waals surface area (Å²) in [5, 5.41) is 2.64. The highest BCUT2D eigenvalue weighted by Gasteiger charge is 2.22. The summed E-state index contributed by atoms with van der Waals surface area (Å²) in [4.78, 5) is 16.5. The summed E-state index contributed by atoms with van der Waals surface area (Å²) in [7, 11) is -3.69. The Balaban J connectivity index is 1.64. The molecular weight excluding hydrogens is 456 g/mol. The maximum Gasteiger partial charge on any atom is 0.235 e. The van der Waals surface area contributed by atoms with Crippen LogP contribution in [0.4, 0.5) is 0 Å². The van der Waals surface area contributed by atoms with Crippen molar-refractivity contribution in [1.29, 1.82) is 0 Å². The summed E-state index contributed by atoms with van der Waals surface area (Å²) in [6.45, 7) is 3.89. The molecule has 0 aliphatic rings. The number of sulfone groups is 1. The Morgan fingerprint density at radius 3 is 2.48 bits per heavy atom. The first-order valence-corrected chi connectivity index (χ1v) is 11.6. The van der Waals surface area contributed by atoms with Gasteiger partial charge in [0.25, 0.3) is 0 Å². The third-order valence-electron chi connectivity index (χ3n) is 4.33. The maximum absolute atomic E-state index is 12.5. The van der Waals surface area contributed by atoms with Crippen LogP contribution >= 0.6 is 15.9 Å². The first-order chi connectivity index (χ1) is 13.7. The minimum absolute atomic E-state index is 0.246. The number of nitrogens with zero attached hydrogens (tertiary/aromatic N) is 1. The fourth-order valence-corrected chi connectivity index (χ4v) is 4.44. The molecule has 0 aliphatic heterocycles. The summed E-state index contributed by atoms with van der Waals surface area (Å²) in [5.41, 5.74) is 3.06. The number of nitrogens with one attached hydrogen (secondary N) is 1. The Hall–Kier alpha value is -2.45. The van der Waals surface area contributed by atoms with Gasteiger partial charge in [0.15, 0.2) is 9.84 Å². The predicted molar refractivity (Wildman–Crippen MR) is 115 cm³/mol. The topological polar surface area (TPSA) is 89.3 Å². The average molecular weight is 477 g/mol. The van der Waals surface area contributed by atoms with E-state index in [2.05, 4.69) is 26.2 Å². The van der Waals surface area contributed by atoms with Crippen LogP contribution in [0.3, 0.4) is 0 Å². The van der Waals surface area contributed by atoms with E-state index < -0.39 is 21.5 Å². The van der Waals surface area contributed by atoms with Crippen LogP contribution in [0.25, 0.3) is 11.5 Å². The highest BCUT2D eigenvalue weighted by molar-refractivity contribution is 9.10. The molecule has 152 valence electrons. The van der Waals surface area contributed by atoms with Gasteiger partial charge in [0.2, 0.25) is 11.8 Å². The second-order valence-corrected chi connectivity index (χ2v) is 9.71. The Morgan fingerprint density at radius 2 is 1.79 bits per heavy atom. The zero-order valence-corrected chi connectivity index (χ0v) is 18.5. The van der Waals surface area contributed by atoms with E-state index in [4.69, 9.17) is 4.42 Å². The minimum Gasteiger partial charge on any atom is -0.441 e. The second kappa shape index (κ2) is 8.92. The first-order valence-electron chi connectivity index (χ1n) is 8.97. The third-order valence-corrected chi connectivity index (χ3v) is 6.52. The molecular formula is C21H21BrN2O4S. The average Bonchev–Trinajstić information content (AvgIpc) is 3.01. The van der Waals surface area contributed by atoms with Gasteiger partial charge in [-0.15, -0.1) is 0 Å². The quantitative estimate of drug-likeness (QED) is 0.557. The summed E-state index contributed by atoms with van der Waals surface area (Å²) in [6.07, 6.45) is 0. The Bertz CT molecular complexity index is 1120. The number of aryl methyl sites for hydroxylation is 2. The highest BCUT2D eigenvalue weighted by Crippen LogP contribution is 2.23. The Morgan fingerprint density at radius 1 is 1.10 bits per heavy atom. The lowest BCUT2D eigenvalue weighted by Crippen LogP contribution is -2.30. The van der Waals surface area contributed by atoms with Gasteiger partial charge in [0.1, 0.15) is 11.5 Å². The van der Waals surface area contributed by atoms with Crippen molar-refractivity contribution in [2.24, 2.45) is 0 Å². The van der Waals surface area contributed by atoms with Crippen molar-refractivity contribution in [3.05, 3.63) is 75.6 Å². The molecule has 1 aromatic heterocycles.